The monoisotopic (exact) mass is 191 g/mol. The minimum atomic E-state index is -2.30. The van der Waals surface area contributed by atoms with Gasteiger partial charge in [-0.3, -0.25) is 9.69 Å². The number of alkyl halides is 2. The molecule has 0 aromatic heterocycles. The van der Waals surface area contributed by atoms with Gasteiger partial charge in [0.05, 0.1) is 12.5 Å². The van der Waals surface area contributed by atoms with Crippen LogP contribution in [0.3, 0.4) is 0 Å². The summed E-state index contributed by atoms with van der Waals surface area (Å²) in [7, 11) is 0. The number of carbonyl (C=O) groups is 1. The molecule has 0 spiro atoms. The number of carboxylic acid groups (broad SMARTS) is 1. The Hall–Kier alpha value is -0.710. The van der Waals surface area contributed by atoms with Crippen molar-refractivity contribution in [3.63, 3.8) is 0 Å². The molecule has 5 heteroatoms. The van der Waals surface area contributed by atoms with Crippen molar-refractivity contribution in [3.05, 3.63) is 0 Å². The van der Waals surface area contributed by atoms with Crippen LogP contribution in [0.5, 0.6) is 0 Å². The van der Waals surface area contributed by atoms with Crippen LogP contribution in [0.2, 0.25) is 0 Å². The van der Waals surface area contributed by atoms with E-state index in [9.17, 15) is 13.6 Å². The average Bonchev–Trinajstić information content (AvgIpc) is 2.49. The third-order valence-electron chi connectivity index (χ3n) is 2.95. The third kappa shape index (κ3) is 1.52. The Labute approximate surface area is 74.3 Å². The predicted octanol–water partition coefficient (Wildman–Crippen LogP) is 0.514. The molecule has 2 rings (SSSR count). The zero-order valence-corrected chi connectivity index (χ0v) is 6.99. The lowest BCUT2D eigenvalue weighted by molar-refractivity contribution is -0.139. The second-order valence-corrected chi connectivity index (χ2v) is 3.80. The molecule has 74 valence electrons. The van der Waals surface area contributed by atoms with E-state index in [2.05, 4.69) is 0 Å². The van der Waals surface area contributed by atoms with Crippen LogP contribution >= 0.6 is 0 Å². The predicted molar refractivity (Wildman–Crippen MR) is 40.5 cm³/mol. The fourth-order valence-corrected chi connectivity index (χ4v) is 2.32. The van der Waals surface area contributed by atoms with Crippen molar-refractivity contribution in [2.24, 2.45) is 17.8 Å². The Kier molecular flexibility index (Phi) is 1.98. The van der Waals surface area contributed by atoms with Crippen LogP contribution in [0.15, 0.2) is 0 Å². The lowest BCUT2D eigenvalue weighted by atomic mass is 10.2. The van der Waals surface area contributed by atoms with E-state index in [1.807, 2.05) is 0 Å². The van der Waals surface area contributed by atoms with E-state index in [4.69, 9.17) is 5.11 Å². The van der Waals surface area contributed by atoms with Gasteiger partial charge in [-0.15, -0.1) is 0 Å². The molecule has 1 aliphatic heterocycles. The van der Waals surface area contributed by atoms with Crippen LogP contribution in [0, 0.1) is 17.8 Å². The Balaban J connectivity index is 1.80. The minimum Gasteiger partial charge on any atom is -0.481 e. The Morgan fingerprint density at radius 1 is 1.46 bits per heavy atom. The van der Waals surface area contributed by atoms with Gasteiger partial charge in [-0.05, 0) is 11.8 Å². The highest BCUT2D eigenvalue weighted by molar-refractivity contribution is 5.74. The minimum absolute atomic E-state index is 0.135. The molecule has 0 unspecified atom stereocenters. The zero-order chi connectivity index (χ0) is 9.59. The summed E-state index contributed by atoms with van der Waals surface area (Å²) in [5.74, 6) is -0.756. The molecule has 2 aliphatic rings. The summed E-state index contributed by atoms with van der Waals surface area (Å²) in [6.07, 6.45) is -2.30. The number of carboxylic acids is 1. The van der Waals surface area contributed by atoms with E-state index in [0.29, 0.717) is 13.1 Å². The van der Waals surface area contributed by atoms with E-state index in [-0.39, 0.29) is 24.3 Å². The second-order valence-electron chi connectivity index (χ2n) is 3.80. The highest BCUT2D eigenvalue weighted by Crippen LogP contribution is 2.51. The normalized spacial score (nSPS) is 37.9. The first-order chi connectivity index (χ1) is 6.09. The van der Waals surface area contributed by atoms with Gasteiger partial charge >= 0.3 is 5.97 Å². The summed E-state index contributed by atoms with van der Waals surface area (Å²) in [6, 6.07) is 0. The van der Waals surface area contributed by atoms with Gasteiger partial charge in [0.2, 0.25) is 0 Å². The average molecular weight is 191 g/mol. The number of nitrogens with zero attached hydrogens (tertiary/aromatic N) is 1. The van der Waals surface area contributed by atoms with Crippen molar-refractivity contribution in [2.45, 2.75) is 6.43 Å². The maximum absolute atomic E-state index is 11.9. The van der Waals surface area contributed by atoms with Crippen molar-refractivity contribution in [2.75, 3.05) is 19.6 Å². The van der Waals surface area contributed by atoms with Gasteiger partial charge in [0.25, 0.3) is 6.43 Å². The van der Waals surface area contributed by atoms with E-state index < -0.39 is 12.4 Å². The molecule has 0 aromatic rings. The molecule has 13 heavy (non-hydrogen) atoms. The number of likely N-dealkylation sites (tertiary alicyclic amines) is 1. The number of piperidine rings is 1. The van der Waals surface area contributed by atoms with Crippen molar-refractivity contribution >= 4 is 5.97 Å². The maximum atomic E-state index is 11.9. The SMILES string of the molecule is O=C(O)C1[C@@H]2CN(CC(F)F)C[C@@H]12. The van der Waals surface area contributed by atoms with Gasteiger partial charge in [-0.25, -0.2) is 8.78 Å². The van der Waals surface area contributed by atoms with Gasteiger partial charge in [0.15, 0.2) is 0 Å². The first-order valence-corrected chi connectivity index (χ1v) is 4.33. The molecule has 1 saturated carbocycles. The molecular weight excluding hydrogens is 180 g/mol. The number of fused-ring (bicyclic) bond motifs is 1. The van der Waals surface area contributed by atoms with Crippen molar-refractivity contribution in [3.8, 4) is 0 Å². The molecule has 0 radical (unpaired) electrons. The smallest absolute Gasteiger partial charge is 0.307 e. The molecule has 0 amide bonds. The topological polar surface area (TPSA) is 40.5 Å². The molecule has 1 N–H and O–H groups in total. The first kappa shape index (κ1) is 8.87. The summed E-state index contributed by atoms with van der Waals surface area (Å²) in [5, 5.41) is 8.66. The summed E-state index contributed by atoms with van der Waals surface area (Å²) in [4.78, 5) is 12.2. The van der Waals surface area contributed by atoms with Gasteiger partial charge in [-0.2, -0.15) is 0 Å². The number of aliphatic carboxylic acids is 1. The van der Waals surface area contributed by atoms with Crippen molar-refractivity contribution in [1.82, 2.24) is 4.90 Å². The number of hydrogen-bond donors (Lipinski definition) is 1. The lowest BCUT2D eigenvalue weighted by Crippen LogP contribution is -2.30. The third-order valence-corrected chi connectivity index (χ3v) is 2.95. The lowest BCUT2D eigenvalue weighted by Gasteiger charge is -2.17. The first-order valence-electron chi connectivity index (χ1n) is 4.33. The molecule has 0 bridgehead atoms. The van der Waals surface area contributed by atoms with Crippen LogP contribution < -0.4 is 0 Å². The largest absolute Gasteiger partial charge is 0.481 e. The van der Waals surface area contributed by atoms with E-state index in [1.165, 1.54) is 0 Å². The van der Waals surface area contributed by atoms with Gasteiger partial charge in [0.1, 0.15) is 0 Å². The van der Waals surface area contributed by atoms with Crippen LogP contribution in [0.4, 0.5) is 8.78 Å². The van der Waals surface area contributed by atoms with E-state index in [1.54, 1.807) is 4.90 Å². The summed E-state index contributed by atoms with van der Waals surface area (Å²) < 4.78 is 23.9. The van der Waals surface area contributed by atoms with Crippen LogP contribution in [-0.4, -0.2) is 42.0 Å². The molecule has 1 aliphatic carbocycles. The molecule has 1 heterocycles. The summed E-state index contributed by atoms with van der Waals surface area (Å²) in [5.41, 5.74) is 0. The van der Waals surface area contributed by atoms with E-state index >= 15 is 0 Å². The van der Waals surface area contributed by atoms with E-state index in [0.717, 1.165) is 0 Å². The molecular formula is C8H11F2NO2. The van der Waals surface area contributed by atoms with Gasteiger partial charge in [0, 0.05) is 13.1 Å². The van der Waals surface area contributed by atoms with Crippen molar-refractivity contribution < 1.29 is 18.7 Å². The Bertz CT molecular complexity index is 222. The number of rotatable bonds is 3. The highest BCUT2D eigenvalue weighted by atomic mass is 19.3. The molecule has 3 nitrogen and oxygen atoms in total. The molecule has 2 fully saturated rings. The fraction of sp³-hybridized carbons (Fsp3) is 0.875. The quantitative estimate of drug-likeness (QED) is 0.706. The van der Waals surface area contributed by atoms with Gasteiger partial charge in [-0.1, -0.05) is 0 Å². The Morgan fingerprint density at radius 2 is 2.00 bits per heavy atom. The number of halogens is 2. The van der Waals surface area contributed by atoms with Crippen molar-refractivity contribution in [1.29, 1.82) is 0 Å². The van der Waals surface area contributed by atoms with Gasteiger partial charge < -0.3 is 5.11 Å². The summed E-state index contributed by atoms with van der Waals surface area (Å²) >= 11 is 0. The Morgan fingerprint density at radius 3 is 2.38 bits per heavy atom. The second kappa shape index (κ2) is 2.90. The van der Waals surface area contributed by atoms with Crippen LogP contribution in [-0.2, 0) is 4.79 Å². The molecule has 1 saturated heterocycles. The van der Waals surface area contributed by atoms with Crippen LogP contribution in [0.25, 0.3) is 0 Å². The number of hydrogen-bond acceptors (Lipinski definition) is 2. The molecule has 2 atom stereocenters. The van der Waals surface area contributed by atoms with Crippen LogP contribution in [0.1, 0.15) is 0 Å². The zero-order valence-electron chi connectivity index (χ0n) is 6.99. The molecule has 0 aromatic carbocycles. The standard InChI is InChI=1S/C8H11F2NO2/c9-6(10)3-11-1-4-5(2-11)7(4)8(12)13/h4-7H,1-3H2,(H,12,13)/t4-,5-/m1/s1. The summed E-state index contributed by atoms with van der Waals surface area (Å²) in [6.45, 7) is 0.858. The fourth-order valence-electron chi connectivity index (χ4n) is 2.32. The maximum Gasteiger partial charge on any atom is 0.307 e. The highest BCUT2D eigenvalue weighted by Gasteiger charge is 2.59.